The molecule has 0 spiro atoms. The Labute approximate surface area is 120 Å². The summed E-state index contributed by atoms with van der Waals surface area (Å²) in [5.41, 5.74) is 1.83. The topological polar surface area (TPSA) is 77.2 Å². The summed E-state index contributed by atoms with van der Waals surface area (Å²) in [6.45, 7) is 0. The lowest BCUT2D eigenvalue weighted by Crippen LogP contribution is -2.05. The molecule has 1 aromatic carbocycles. The lowest BCUT2D eigenvalue weighted by atomic mass is 10.2. The van der Waals surface area contributed by atoms with E-state index in [4.69, 9.17) is 0 Å². The van der Waals surface area contributed by atoms with Crippen molar-refractivity contribution >= 4 is 17.1 Å². The second-order valence-electron chi connectivity index (χ2n) is 4.55. The number of fused-ring (bicyclic) bond motifs is 1. The van der Waals surface area contributed by atoms with Gasteiger partial charge in [-0.3, -0.25) is 0 Å². The highest BCUT2D eigenvalue weighted by atomic mass is 16.5. The molecule has 0 aliphatic rings. The average Bonchev–Trinajstić information content (AvgIpc) is 2.83. The maximum absolute atomic E-state index is 11.6. The van der Waals surface area contributed by atoms with Gasteiger partial charge in [0.05, 0.1) is 7.11 Å². The van der Waals surface area contributed by atoms with E-state index in [-0.39, 0.29) is 11.4 Å². The minimum atomic E-state index is -0.683. The fourth-order valence-electron chi connectivity index (χ4n) is 2.19. The van der Waals surface area contributed by atoms with Crippen LogP contribution in [0.4, 0.5) is 0 Å². The van der Waals surface area contributed by atoms with Crippen LogP contribution in [0.25, 0.3) is 22.6 Å². The molecule has 2 aromatic heterocycles. The number of esters is 1. The maximum atomic E-state index is 11.6. The molecule has 3 rings (SSSR count). The van der Waals surface area contributed by atoms with Crippen LogP contribution in [0.1, 0.15) is 10.5 Å². The van der Waals surface area contributed by atoms with Crippen LogP contribution in [-0.2, 0) is 11.8 Å². The quantitative estimate of drug-likeness (QED) is 0.729. The number of hydrogen-bond acceptors (Lipinski definition) is 5. The second-order valence-corrected chi connectivity index (χ2v) is 4.55. The summed E-state index contributed by atoms with van der Waals surface area (Å²) in [6.07, 6.45) is 0. The molecule has 0 aliphatic heterocycles. The van der Waals surface area contributed by atoms with E-state index in [2.05, 4.69) is 14.7 Å². The Hall–Kier alpha value is -2.89. The Morgan fingerprint density at radius 2 is 1.95 bits per heavy atom. The number of rotatable bonds is 2. The Morgan fingerprint density at radius 1 is 1.24 bits per heavy atom. The van der Waals surface area contributed by atoms with Crippen molar-refractivity contribution in [3.63, 3.8) is 0 Å². The van der Waals surface area contributed by atoms with Gasteiger partial charge < -0.3 is 14.4 Å². The van der Waals surface area contributed by atoms with Gasteiger partial charge in [-0.25, -0.2) is 14.8 Å². The minimum Gasteiger partial charge on any atom is -0.505 e. The zero-order chi connectivity index (χ0) is 15.0. The number of benzene rings is 1. The van der Waals surface area contributed by atoms with E-state index in [1.165, 1.54) is 13.2 Å². The molecule has 0 amide bonds. The van der Waals surface area contributed by atoms with Crippen LogP contribution in [0.5, 0.6) is 5.75 Å². The number of ether oxygens (including phenoxy) is 1. The van der Waals surface area contributed by atoms with Crippen molar-refractivity contribution in [1.29, 1.82) is 0 Å². The highest BCUT2D eigenvalue weighted by molar-refractivity contribution is 5.93. The Kier molecular flexibility index (Phi) is 3.06. The van der Waals surface area contributed by atoms with Crippen molar-refractivity contribution < 1.29 is 14.6 Å². The first-order valence-electron chi connectivity index (χ1n) is 6.32. The summed E-state index contributed by atoms with van der Waals surface area (Å²) >= 11 is 0. The number of carbonyl (C=O) groups excluding carboxylic acids is 1. The Balaban J connectivity index is 2.24. The molecule has 0 saturated carbocycles. The van der Waals surface area contributed by atoms with Crippen LogP contribution >= 0.6 is 0 Å². The third-order valence-electron chi connectivity index (χ3n) is 3.24. The molecule has 0 bridgehead atoms. The molecular formula is C15H13N3O3. The van der Waals surface area contributed by atoms with Crippen LogP contribution in [0.15, 0.2) is 36.4 Å². The van der Waals surface area contributed by atoms with Gasteiger partial charge in [0.1, 0.15) is 11.3 Å². The van der Waals surface area contributed by atoms with Gasteiger partial charge in [0.15, 0.2) is 17.1 Å². The van der Waals surface area contributed by atoms with E-state index in [1.54, 1.807) is 4.57 Å². The molecule has 0 atom stereocenters. The molecule has 6 heteroatoms. The number of aryl methyl sites for hydroxylation is 1. The summed E-state index contributed by atoms with van der Waals surface area (Å²) in [4.78, 5) is 20.2. The first-order valence-corrected chi connectivity index (χ1v) is 6.32. The molecule has 21 heavy (non-hydrogen) atoms. The number of aromatic hydroxyl groups is 1. The van der Waals surface area contributed by atoms with Crippen molar-refractivity contribution in [3.05, 3.63) is 42.1 Å². The van der Waals surface area contributed by atoms with Crippen molar-refractivity contribution in [3.8, 4) is 17.1 Å². The molecule has 6 nitrogen and oxygen atoms in total. The number of pyridine rings is 1. The number of hydrogen-bond donors (Lipinski definition) is 1. The predicted octanol–water partition coefficient (Wildman–Crippen LogP) is 2.13. The van der Waals surface area contributed by atoms with Gasteiger partial charge in [-0.1, -0.05) is 30.3 Å². The van der Waals surface area contributed by atoms with Crippen LogP contribution in [0.2, 0.25) is 0 Å². The summed E-state index contributed by atoms with van der Waals surface area (Å²) in [7, 11) is 3.05. The number of methoxy groups -OCH3 is 1. The van der Waals surface area contributed by atoms with Gasteiger partial charge in [-0.05, 0) is 0 Å². The lowest BCUT2D eigenvalue weighted by molar-refractivity contribution is 0.0591. The number of imidazole rings is 1. The van der Waals surface area contributed by atoms with Gasteiger partial charge in [-0.2, -0.15) is 0 Å². The van der Waals surface area contributed by atoms with Crippen LogP contribution in [0.3, 0.4) is 0 Å². The third kappa shape index (κ3) is 2.10. The SMILES string of the molecule is COC(=O)c1nc2c(cc1O)nc(-c1ccccc1)n2C. The smallest absolute Gasteiger partial charge is 0.360 e. The van der Waals surface area contributed by atoms with E-state index >= 15 is 0 Å². The van der Waals surface area contributed by atoms with Crippen LogP contribution in [0, 0.1) is 0 Å². The molecule has 0 fully saturated rings. The molecule has 0 unspecified atom stereocenters. The van der Waals surface area contributed by atoms with Gasteiger partial charge in [-0.15, -0.1) is 0 Å². The van der Waals surface area contributed by atoms with Gasteiger partial charge >= 0.3 is 5.97 Å². The highest BCUT2D eigenvalue weighted by Gasteiger charge is 2.19. The first-order chi connectivity index (χ1) is 10.1. The Bertz CT molecular complexity index is 825. The van der Waals surface area contributed by atoms with E-state index in [9.17, 15) is 9.90 Å². The number of nitrogens with zero attached hydrogens (tertiary/aromatic N) is 3. The monoisotopic (exact) mass is 283 g/mol. The van der Waals surface area contributed by atoms with Crippen LogP contribution < -0.4 is 0 Å². The number of carbonyl (C=O) groups is 1. The molecule has 0 radical (unpaired) electrons. The molecule has 3 aromatic rings. The molecule has 0 aliphatic carbocycles. The highest BCUT2D eigenvalue weighted by Crippen LogP contribution is 2.26. The maximum Gasteiger partial charge on any atom is 0.360 e. The van der Waals surface area contributed by atoms with E-state index in [0.29, 0.717) is 17.0 Å². The molecule has 106 valence electrons. The lowest BCUT2D eigenvalue weighted by Gasteiger charge is -2.03. The molecule has 2 heterocycles. The van der Waals surface area contributed by atoms with E-state index in [0.717, 1.165) is 5.56 Å². The minimum absolute atomic E-state index is 0.118. The van der Waals surface area contributed by atoms with Gasteiger partial charge in [0.2, 0.25) is 0 Å². The van der Waals surface area contributed by atoms with E-state index in [1.807, 2.05) is 37.4 Å². The molecular weight excluding hydrogens is 270 g/mol. The van der Waals surface area contributed by atoms with Crippen molar-refractivity contribution in [2.24, 2.45) is 7.05 Å². The van der Waals surface area contributed by atoms with E-state index < -0.39 is 5.97 Å². The fourth-order valence-corrected chi connectivity index (χ4v) is 2.19. The van der Waals surface area contributed by atoms with Crippen molar-refractivity contribution in [2.75, 3.05) is 7.11 Å². The summed E-state index contributed by atoms with van der Waals surface area (Å²) < 4.78 is 6.38. The largest absolute Gasteiger partial charge is 0.505 e. The normalized spacial score (nSPS) is 10.8. The average molecular weight is 283 g/mol. The number of aromatic nitrogens is 3. The van der Waals surface area contributed by atoms with Crippen LogP contribution in [-0.4, -0.2) is 32.7 Å². The second kappa shape index (κ2) is 4.90. The molecule has 0 saturated heterocycles. The summed E-state index contributed by atoms with van der Waals surface area (Å²) in [6, 6.07) is 11.0. The Morgan fingerprint density at radius 3 is 2.62 bits per heavy atom. The third-order valence-corrected chi connectivity index (χ3v) is 3.24. The fraction of sp³-hybridized carbons (Fsp3) is 0.133. The van der Waals surface area contributed by atoms with Gasteiger partial charge in [0.25, 0.3) is 0 Å². The summed E-state index contributed by atoms with van der Waals surface area (Å²) in [5, 5.41) is 9.87. The standard InChI is InChI=1S/C15H13N3O3/c1-18-13(9-6-4-3-5-7-9)16-10-8-11(19)12(15(20)21-2)17-14(10)18/h3-8,19H,1-2H3. The van der Waals surface area contributed by atoms with Gasteiger partial charge in [0, 0.05) is 18.7 Å². The summed E-state index contributed by atoms with van der Waals surface area (Å²) in [5.74, 6) is -0.219. The first kappa shape index (κ1) is 13.1. The molecule has 1 N–H and O–H groups in total. The zero-order valence-corrected chi connectivity index (χ0v) is 11.6. The van der Waals surface area contributed by atoms with Crippen molar-refractivity contribution in [2.45, 2.75) is 0 Å². The zero-order valence-electron chi connectivity index (χ0n) is 11.6. The van der Waals surface area contributed by atoms with Crippen molar-refractivity contribution in [1.82, 2.24) is 14.5 Å². The predicted molar refractivity (Wildman–Crippen MR) is 76.9 cm³/mol.